The number of aliphatic hydroxyl groups excluding tert-OH is 2. The van der Waals surface area contributed by atoms with Crippen LogP contribution in [0.15, 0.2) is 24.3 Å². The van der Waals surface area contributed by atoms with Gasteiger partial charge in [0.2, 0.25) is 0 Å². The van der Waals surface area contributed by atoms with E-state index in [1.54, 1.807) is 0 Å². The molecular formula is C20H18F18O6. The van der Waals surface area contributed by atoms with E-state index < -0.39 is 109 Å². The van der Waals surface area contributed by atoms with Crippen LogP contribution in [0.25, 0.3) is 0 Å². The maximum Gasteiger partial charge on any atom is 0.460 e. The fraction of sp³-hybridized carbons (Fsp3) is 0.700. The highest BCUT2D eigenvalue weighted by atomic mass is 19.4. The van der Waals surface area contributed by atoms with E-state index in [1.165, 1.54) is 0 Å². The van der Waals surface area contributed by atoms with Crippen LogP contribution in [0, 0.1) is 0 Å². The average molecular weight is 696 g/mol. The van der Waals surface area contributed by atoms with Crippen LogP contribution >= 0.6 is 0 Å². The number of rotatable bonds is 14. The summed E-state index contributed by atoms with van der Waals surface area (Å²) in [6.07, 6.45) is -26.6. The van der Waals surface area contributed by atoms with Crippen LogP contribution in [-0.4, -0.2) is 92.5 Å². The molecule has 4 N–H and O–H groups in total. The van der Waals surface area contributed by atoms with Gasteiger partial charge < -0.3 is 20.4 Å². The van der Waals surface area contributed by atoms with Crippen molar-refractivity contribution in [2.24, 2.45) is 0 Å². The minimum Gasteiger partial charge on any atom is -0.478 e. The number of carboxylic acid groups (broad SMARTS) is 2. The summed E-state index contributed by atoms with van der Waals surface area (Å²) in [6.45, 7) is 5.51. The van der Waals surface area contributed by atoms with Crippen molar-refractivity contribution >= 4 is 11.9 Å². The van der Waals surface area contributed by atoms with Gasteiger partial charge in [-0.05, 0) is 0 Å². The number of carboxylic acids is 2. The standard InChI is InChI=1S/2C10H9F9O3/c2*1-4(6(21)22)2-5(20)3-7(11,12)8(13,14)9(15,16)10(17,18)19/h2*5,20H,1-3H2,(H,21,22). The molecule has 0 fully saturated rings. The monoisotopic (exact) mass is 696 g/mol. The highest BCUT2D eigenvalue weighted by Crippen LogP contribution is 2.55. The molecule has 0 saturated heterocycles. The Morgan fingerprint density at radius 1 is 0.477 bits per heavy atom. The number of alkyl halides is 18. The van der Waals surface area contributed by atoms with E-state index in [4.69, 9.17) is 20.4 Å². The Morgan fingerprint density at radius 3 is 0.841 bits per heavy atom. The molecule has 0 heterocycles. The molecule has 0 aromatic carbocycles. The molecular weight excluding hydrogens is 678 g/mol. The summed E-state index contributed by atoms with van der Waals surface area (Å²) in [5.74, 6) is -43.3. The number of carbonyl (C=O) groups is 2. The molecule has 2 atom stereocenters. The summed E-state index contributed by atoms with van der Waals surface area (Å²) in [5, 5.41) is 34.6. The number of aliphatic carboxylic acids is 2. The van der Waals surface area contributed by atoms with Gasteiger partial charge in [-0.3, -0.25) is 0 Å². The van der Waals surface area contributed by atoms with Gasteiger partial charge in [0.1, 0.15) is 0 Å². The lowest BCUT2D eigenvalue weighted by molar-refractivity contribution is -0.398. The maximum atomic E-state index is 13.1. The summed E-state index contributed by atoms with van der Waals surface area (Å²) in [5.41, 5.74) is -1.84. The van der Waals surface area contributed by atoms with Crippen LogP contribution in [-0.2, 0) is 9.59 Å². The zero-order valence-electron chi connectivity index (χ0n) is 20.8. The van der Waals surface area contributed by atoms with Gasteiger partial charge >= 0.3 is 59.8 Å². The van der Waals surface area contributed by atoms with E-state index in [2.05, 4.69) is 13.2 Å². The Kier molecular flexibility index (Phi) is 13.4. The second-order valence-corrected chi connectivity index (χ2v) is 8.64. The lowest BCUT2D eigenvalue weighted by Gasteiger charge is -2.34. The molecule has 44 heavy (non-hydrogen) atoms. The fourth-order valence-corrected chi connectivity index (χ4v) is 2.55. The van der Waals surface area contributed by atoms with Crippen molar-refractivity contribution < 1.29 is 109 Å². The van der Waals surface area contributed by atoms with Gasteiger partial charge in [-0.25, -0.2) is 9.59 Å². The van der Waals surface area contributed by atoms with E-state index >= 15 is 0 Å². The molecule has 0 aliphatic heterocycles. The first-order chi connectivity index (χ1) is 18.9. The molecule has 0 amide bonds. The Labute approximate surface area is 232 Å². The summed E-state index contributed by atoms with van der Waals surface area (Å²) in [6, 6.07) is 0. The van der Waals surface area contributed by atoms with E-state index in [9.17, 15) is 88.6 Å². The Balaban J connectivity index is 0. The summed E-state index contributed by atoms with van der Waals surface area (Å²) in [4.78, 5) is 20.5. The third-order valence-corrected chi connectivity index (χ3v) is 4.97. The van der Waals surface area contributed by atoms with Crippen LogP contribution < -0.4 is 0 Å². The molecule has 0 aliphatic rings. The smallest absolute Gasteiger partial charge is 0.460 e. The summed E-state index contributed by atoms with van der Waals surface area (Å²) >= 11 is 0. The summed E-state index contributed by atoms with van der Waals surface area (Å²) in [7, 11) is 0. The quantitative estimate of drug-likeness (QED) is 0.122. The topological polar surface area (TPSA) is 115 Å². The third-order valence-electron chi connectivity index (χ3n) is 4.97. The summed E-state index contributed by atoms with van der Waals surface area (Å²) < 4.78 is 224. The van der Waals surface area contributed by atoms with Crippen LogP contribution in [0.2, 0.25) is 0 Å². The Bertz CT molecular complexity index is 965. The molecule has 260 valence electrons. The minimum atomic E-state index is -7.05. The van der Waals surface area contributed by atoms with Gasteiger partial charge in [-0.2, -0.15) is 79.0 Å². The molecule has 0 radical (unpaired) electrons. The largest absolute Gasteiger partial charge is 0.478 e. The molecule has 0 rings (SSSR count). The second kappa shape index (κ2) is 13.6. The van der Waals surface area contributed by atoms with Crippen molar-refractivity contribution in [3.63, 3.8) is 0 Å². The molecule has 0 saturated carbocycles. The highest BCUT2D eigenvalue weighted by molar-refractivity contribution is 5.86. The second-order valence-electron chi connectivity index (χ2n) is 8.64. The highest BCUT2D eigenvalue weighted by Gasteiger charge is 2.82. The third kappa shape index (κ3) is 9.54. The fourth-order valence-electron chi connectivity index (χ4n) is 2.55. The van der Waals surface area contributed by atoms with Gasteiger partial charge in [0.25, 0.3) is 0 Å². The number of aliphatic hydroxyl groups is 2. The maximum absolute atomic E-state index is 13.1. The van der Waals surface area contributed by atoms with E-state index in [-0.39, 0.29) is 0 Å². The molecule has 6 nitrogen and oxygen atoms in total. The van der Waals surface area contributed by atoms with Crippen LogP contribution in [0.3, 0.4) is 0 Å². The lowest BCUT2D eigenvalue weighted by atomic mass is 9.96. The van der Waals surface area contributed by atoms with Crippen molar-refractivity contribution in [1.82, 2.24) is 0 Å². The number of hydrogen-bond acceptors (Lipinski definition) is 4. The van der Waals surface area contributed by atoms with Gasteiger partial charge in [0.15, 0.2) is 0 Å². The predicted molar refractivity (Wildman–Crippen MR) is 106 cm³/mol. The normalized spacial score (nSPS) is 15.5. The minimum absolute atomic E-state index is 0.922. The van der Waals surface area contributed by atoms with Gasteiger partial charge in [-0.1, -0.05) is 13.2 Å². The van der Waals surface area contributed by atoms with Crippen LogP contribution in [0.5, 0.6) is 0 Å². The number of hydrogen-bond donors (Lipinski definition) is 4. The van der Waals surface area contributed by atoms with Gasteiger partial charge in [0.05, 0.1) is 12.2 Å². The van der Waals surface area contributed by atoms with Gasteiger partial charge in [-0.15, -0.1) is 0 Å². The van der Waals surface area contributed by atoms with Crippen molar-refractivity contribution in [1.29, 1.82) is 0 Å². The molecule has 0 aromatic rings. The van der Waals surface area contributed by atoms with Gasteiger partial charge in [0, 0.05) is 36.8 Å². The molecule has 0 aliphatic carbocycles. The van der Waals surface area contributed by atoms with Crippen LogP contribution in [0.4, 0.5) is 79.0 Å². The lowest BCUT2D eigenvalue weighted by Crippen LogP contribution is -2.61. The Morgan fingerprint density at radius 2 is 0.682 bits per heavy atom. The first-order valence-corrected chi connectivity index (χ1v) is 10.5. The molecule has 2 unspecified atom stereocenters. The zero-order chi connectivity index (χ0) is 36.3. The van der Waals surface area contributed by atoms with E-state index in [0.717, 1.165) is 0 Å². The van der Waals surface area contributed by atoms with E-state index in [1.807, 2.05) is 0 Å². The number of halogens is 18. The first-order valence-electron chi connectivity index (χ1n) is 10.5. The predicted octanol–water partition coefficient (Wildman–Crippen LogP) is 6.47. The van der Waals surface area contributed by atoms with Crippen molar-refractivity contribution in [2.75, 3.05) is 0 Å². The Hall–Kier alpha value is -2.92. The zero-order valence-corrected chi connectivity index (χ0v) is 20.8. The first kappa shape index (κ1) is 43.2. The van der Waals surface area contributed by atoms with Crippen molar-refractivity contribution in [3.8, 4) is 0 Å². The van der Waals surface area contributed by atoms with Crippen molar-refractivity contribution in [3.05, 3.63) is 24.3 Å². The molecule has 0 aromatic heterocycles. The molecule has 24 heteroatoms. The van der Waals surface area contributed by atoms with Crippen molar-refractivity contribution in [2.45, 2.75) is 85.8 Å². The van der Waals surface area contributed by atoms with E-state index in [0.29, 0.717) is 0 Å². The van der Waals surface area contributed by atoms with Crippen LogP contribution in [0.1, 0.15) is 25.7 Å². The molecule has 0 spiro atoms. The SMILES string of the molecule is C=C(CC(O)CC(F)(F)C(F)(F)C(F)(F)C(F)(F)F)C(=O)O.C=C(CC(O)CC(F)(F)C(F)(F)C(F)(F)C(F)(F)F)C(=O)O. The average Bonchev–Trinajstić information content (AvgIpc) is 2.76. The molecule has 0 bridgehead atoms.